The van der Waals surface area contributed by atoms with Crippen LogP contribution in [0.3, 0.4) is 0 Å². The van der Waals surface area contributed by atoms with Crippen LogP contribution in [-0.4, -0.2) is 30.5 Å². The number of benzene rings is 1. The molecule has 3 nitrogen and oxygen atoms in total. The fraction of sp³-hybridized carbons (Fsp3) is 0.438. The maximum atomic E-state index is 11.8. The Morgan fingerprint density at radius 2 is 2.37 bits per heavy atom. The molecule has 2 heterocycles. The van der Waals surface area contributed by atoms with Gasteiger partial charge in [-0.2, -0.15) is 0 Å². The monoisotopic (exact) mass is 257 g/mol. The molecule has 100 valence electrons. The van der Waals surface area contributed by atoms with Crippen molar-refractivity contribution < 1.29 is 9.53 Å². The number of rotatable bonds is 4. The van der Waals surface area contributed by atoms with E-state index in [1.807, 2.05) is 11.0 Å². The Bertz CT molecular complexity index is 509. The summed E-state index contributed by atoms with van der Waals surface area (Å²) in [5.74, 6) is 1.61. The highest BCUT2D eigenvalue weighted by Gasteiger charge is 2.26. The zero-order valence-electron chi connectivity index (χ0n) is 11.1. The summed E-state index contributed by atoms with van der Waals surface area (Å²) in [6, 6.07) is 6.37. The maximum absolute atomic E-state index is 11.8. The average Bonchev–Trinajstić information content (AvgIpc) is 3.02. The van der Waals surface area contributed by atoms with Crippen LogP contribution in [0.15, 0.2) is 30.9 Å². The van der Waals surface area contributed by atoms with Crippen LogP contribution in [0.4, 0.5) is 0 Å². The molecule has 3 rings (SSSR count). The van der Waals surface area contributed by atoms with Gasteiger partial charge in [-0.25, -0.2) is 0 Å². The lowest BCUT2D eigenvalue weighted by atomic mass is 10.1. The first-order valence-corrected chi connectivity index (χ1v) is 6.91. The third-order valence-corrected chi connectivity index (χ3v) is 4.00. The third-order valence-electron chi connectivity index (χ3n) is 4.00. The Morgan fingerprint density at radius 1 is 1.47 bits per heavy atom. The molecule has 0 aliphatic carbocycles. The van der Waals surface area contributed by atoms with Crippen molar-refractivity contribution in [1.82, 2.24) is 4.90 Å². The summed E-state index contributed by atoms with van der Waals surface area (Å²) in [4.78, 5) is 13.8. The zero-order chi connectivity index (χ0) is 13.2. The molecule has 1 aromatic carbocycles. The highest BCUT2D eigenvalue weighted by molar-refractivity contribution is 5.79. The molecule has 1 saturated heterocycles. The number of fused-ring (bicyclic) bond motifs is 1. The number of nitrogens with zero attached hydrogens (tertiary/aromatic N) is 1. The van der Waals surface area contributed by atoms with Gasteiger partial charge < -0.3 is 9.64 Å². The van der Waals surface area contributed by atoms with Gasteiger partial charge in [-0.1, -0.05) is 18.2 Å². The largest absolute Gasteiger partial charge is 0.493 e. The molecule has 0 radical (unpaired) electrons. The minimum Gasteiger partial charge on any atom is -0.493 e. The fourth-order valence-electron chi connectivity index (χ4n) is 2.84. The van der Waals surface area contributed by atoms with E-state index in [1.54, 1.807) is 0 Å². The van der Waals surface area contributed by atoms with Gasteiger partial charge in [0.25, 0.3) is 0 Å². The number of carbonyl (C=O) groups is 1. The van der Waals surface area contributed by atoms with E-state index in [9.17, 15) is 4.79 Å². The molecule has 1 amide bonds. The molecular weight excluding hydrogens is 238 g/mol. The predicted octanol–water partition coefficient (Wildman–Crippen LogP) is 2.20. The van der Waals surface area contributed by atoms with E-state index in [1.165, 1.54) is 11.1 Å². The summed E-state index contributed by atoms with van der Waals surface area (Å²) < 4.78 is 5.50. The van der Waals surface area contributed by atoms with E-state index in [0.29, 0.717) is 12.3 Å². The summed E-state index contributed by atoms with van der Waals surface area (Å²) in [6.07, 6.45) is 4.44. The molecule has 0 N–H and O–H groups in total. The number of hydrogen-bond acceptors (Lipinski definition) is 2. The maximum Gasteiger partial charge on any atom is 0.223 e. The normalized spacial score (nSPS) is 21.4. The molecule has 19 heavy (non-hydrogen) atoms. The lowest BCUT2D eigenvalue weighted by Crippen LogP contribution is -2.27. The number of amides is 1. The van der Waals surface area contributed by atoms with Gasteiger partial charge in [0.1, 0.15) is 5.75 Å². The van der Waals surface area contributed by atoms with Crippen LogP contribution in [0.5, 0.6) is 5.75 Å². The zero-order valence-corrected chi connectivity index (χ0v) is 11.1. The molecule has 2 aliphatic heterocycles. The first kappa shape index (κ1) is 12.3. The summed E-state index contributed by atoms with van der Waals surface area (Å²) in [5, 5.41) is 0. The second-order valence-corrected chi connectivity index (χ2v) is 5.33. The SMILES string of the molecule is C=CC1CC(=O)N(CCc2ccc3c(c2)CCO3)C1. The summed E-state index contributed by atoms with van der Waals surface area (Å²) >= 11 is 0. The summed E-state index contributed by atoms with van der Waals surface area (Å²) in [6.45, 7) is 6.21. The van der Waals surface area contributed by atoms with Crippen LogP contribution in [0.25, 0.3) is 0 Å². The van der Waals surface area contributed by atoms with Crippen molar-refractivity contribution >= 4 is 5.91 Å². The lowest BCUT2D eigenvalue weighted by Gasteiger charge is -2.16. The van der Waals surface area contributed by atoms with E-state index in [0.717, 1.165) is 38.3 Å². The van der Waals surface area contributed by atoms with Gasteiger partial charge in [0.05, 0.1) is 6.61 Å². The molecule has 1 fully saturated rings. The number of carbonyl (C=O) groups excluding carboxylic acids is 1. The molecular formula is C16H19NO2. The fourth-order valence-corrected chi connectivity index (χ4v) is 2.84. The number of ether oxygens (including phenoxy) is 1. The van der Waals surface area contributed by atoms with Crippen LogP contribution in [0, 0.1) is 5.92 Å². The van der Waals surface area contributed by atoms with Crippen LogP contribution in [0.2, 0.25) is 0 Å². The van der Waals surface area contributed by atoms with Gasteiger partial charge >= 0.3 is 0 Å². The first-order chi connectivity index (χ1) is 9.26. The molecule has 2 aliphatic rings. The van der Waals surface area contributed by atoms with Gasteiger partial charge in [-0.15, -0.1) is 6.58 Å². The van der Waals surface area contributed by atoms with Crippen molar-refractivity contribution in [2.75, 3.05) is 19.7 Å². The predicted molar refractivity (Wildman–Crippen MR) is 74.2 cm³/mol. The van der Waals surface area contributed by atoms with Gasteiger partial charge in [0, 0.05) is 31.8 Å². The van der Waals surface area contributed by atoms with Crippen LogP contribution >= 0.6 is 0 Å². The molecule has 0 saturated carbocycles. The second kappa shape index (κ2) is 5.08. The van der Waals surface area contributed by atoms with Crippen LogP contribution in [0.1, 0.15) is 17.5 Å². The highest BCUT2D eigenvalue weighted by Crippen LogP contribution is 2.26. The smallest absolute Gasteiger partial charge is 0.223 e. The molecule has 3 heteroatoms. The summed E-state index contributed by atoms with van der Waals surface area (Å²) in [5.41, 5.74) is 2.59. The van der Waals surface area contributed by atoms with E-state index >= 15 is 0 Å². The third kappa shape index (κ3) is 2.50. The highest BCUT2D eigenvalue weighted by atomic mass is 16.5. The van der Waals surface area contributed by atoms with Gasteiger partial charge in [-0.05, 0) is 23.6 Å². The molecule has 1 unspecified atom stereocenters. The minimum atomic E-state index is 0.259. The van der Waals surface area contributed by atoms with Gasteiger partial charge in [0.15, 0.2) is 0 Å². The standard InChI is InChI=1S/C16H19NO2/c1-2-12-10-16(18)17(11-12)7-5-13-3-4-15-14(9-13)6-8-19-15/h2-4,9,12H,1,5-8,10-11H2. The number of likely N-dealkylation sites (tertiary alicyclic amines) is 1. The molecule has 1 atom stereocenters. The Balaban J connectivity index is 1.60. The van der Waals surface area contributed by atoms with Crippen molar-refractivity contribution in [3.05, 3.63) is 42.0 Å². The quantitative estimate of drug-likeness (QED) is 0.774. The Kier molecular flexibility index (Phi) is 3.28. The van der Waals surface area contributed by atoms with Crippen LogP contribution in [-0.2, 0) is 17.6 Å². The minimum absolute atomic E-state index is 0.259. The van der Waals surface area contributed by atoms with Crippen molar-refractivity contribution in [2.45, 2.75) is 19.3 Å². The first-order valence-electron chi connectivity index (χ1n) is 6.91. The number of hydrogen-bond donors (Lipinski definition) is 0. The lowest BCUT2D eigenvalue weighted by molar-refractivity contribution is -0.127. The Hall–Kier alpha value is -1.77. The topological polar surface area (TPSA) is 29.5 Å². The van der Waals surface area contributed by atoms with Gasteiger partial charge in [-0.3, -0.25) is 4.79 Å². The van der Waals surface area contributed by atoms with E-state index in [2.05, 4.69) is 24.8 Å². The van der Waals surface area contributed by atoms with Crippen LogP contribution < -0.4 is 4.74 Å². The van der Waals surface area contributed by atoms with Crippen molar-refractivity contribution in [3.63, 3.8) is 0 Å². The molecule has 0 spiro atoms. The van der Waals surface area contributed by atoms with Gasteiger partial charge in [0.2, 0.25) is 5.91 Å². The molecule has 1 aromatic rings. The Labute approximate surface area is 113 Å². The van der Waals surface area contributed by atoms with Crippen molar-refractivity contribution in [2.24, 2.45) is 5.92 Å². The Morgan fingerprint density at radius 3 is 3.16 bits per heavy atom. The van der Waals surface area contributed by atoms with E-state index < -0.39 is 0 Å². The average molecular weight is 257 g/mol. The second-order valence-electron chi connectivity index (χ2n) is 5.33. The van der Waals surface area contributed by atoms with Crippen molar-refractivity contribution in [3.8, 4) is 5.75 Å². The molecule has 0 bridgehead atoms. The van der Waals surface area contributed by atoms with Crippen molar-refractivity contribution in [1.29, 1.82) is 0 Å². The summed E-state index contributed by atoms with van der Waals surface area (Å²) in [7, 11) is 0. The van der Waals surface area contributed by atoms with E-state index in [4.69, 9.17) is 4.74 Å². The molecule has 0 aromatic heterocycles. The van der Waals surface area contributed by atoms with E-state index in [-0.39, 0.29) is 5.91 Å².